The molecule has 76 valence electrons. The second-order valence-electron chi connectivity index (χ2n) is 4.28. The van der Waals surface area contributed by atoms with Gasteiger partial charge in [-0.3, -0.25) is 4.79 Å². The maximum Gasteiger partial charge on any atom is 0.164 e. The number of ether oxygens (including phenoxy) is 1. The third-order valence-electron chi connectivity index (χ3n) is 2.90. The molecule has 0 heterocycles. The summed E-state index contributed by atoms with van der Waals surface area (Å²) in [5.41, 5.74) is 0. The molecule has 0 saturated heterocycles. The third-order valence-corrected chi connectivity index (χ3v) is 2.90. The molecule has 0 amide bonds. The van der Waals surface area contributed by atoms with Crippen molar-refractivity contribution in [1.82, 2.24) is 0 Å². The molecule has 0 bridgehead atoms. The minimum Gasteiger partial charge on any atom is -0.373 e. The zero-order chi connectivity index (χ0) is 9.84. The molecule has 0 radical (unpaired) electrons. The third kappa shape index (κ3) is 2.53. The molecule has 0 aromatic heterocycles. The van der Waals surface area contributed by atoms with Crippen LogP contribution < -0.4 is 0 Å². The predicted octanol–water partition coefficient (Wildman–Crippen LogP) is 2.42. The van der Waals surface area contributed by atoms with Crippen LogP contribution in [0.2, 0.25) is 0 Å². The highest BCUT2D eigenvalue weighted by Crippen LogP contribution is 2.28. The average molecular weight is 184 g/mol. The summed E-state index contributed by atoms with van der Waals surface area (Å²) >= 11 is 0. The summed E-state index contributed by atoms with van der Waals surface area (Å²) in [4.78, 5) is 11.9. The average Bonchev–Trinajstić information content (AvgIpc) is 2.56. The molecule has 2 heteroatoms. The number of rotatable bonds is 4. The molecule has 13 heavy (non-hydrogen) atoms. The summed E-state index contributed by atoms with van der Waals surface area (Å²) < 4.78 is 5.24. The van der Waals surface area contributed by atoms with Crippen LogP contribution in [-0.2, 0) is 9.53 Å². The molecular weight excluding hydrogens is 164 g/mol. The van der Waals surface area contributed by atoms with Crippen molar-refractivity contribution in [3.05, 3.63) is 0 Å². The SMILES string of the molecule is COC(C(=O)C1CCCC1)C(C)C. The van der Waals surface area contributed by atoms with E-state index in [0.29, 0.717) is 11.7 Å². The van der Waals surface area contributed by atoms with Gasteiger partial charge in [0, 0.05) is 13.0 Å². The van der Waals surface area contributed by atoms with Crippen LogP contribution in [0.5, 0.6) is 0 Å². The number of hydrogen-bond acceptors (Lipinski definition) is 2. The zero-order valence-electron chi connectivity index (χ0n) is 8.88. The van der Waals surface area contributed by atoms with Crippen LogP contribution in [0.15, 0.2) is 0 Å². The Balaban J connectivity index is 2.52. The van der Waals surface area contributed by atoms with E-state index in [-0.39, 0.29) is 12.0 Å². The second kappa shape index (κ2) is 4.75. The first-order valence-corrected chi connectivity index (χ1v) is 5.23. The van der Waals surface area contributed by atoms with Crippen molar-refractivity contribution in [1.29, 1.82) is 0 Å². The van der Waals surface area contributed by atoms with Gasteiger partial charge in [-0.2, -0.15) is 0 Å². The molecule has 0 aliphatic heterocycles. The normalized spacial score (nSPS) is 20.9. The highest BCUT2D eigenvalue weighted by atomic mass is 16.5. The van der Waals surface area contributed by atoms with Crippen molar-refractivity contribution >= 4 is 5.78 Å². The van der Waals surface area contributed by atoms with E-state index in [0.717, 1.165) is 12.8 Å². The van der Waals surface area contributed by atoms with Gasteiger partial charge in [0.2, 0.25) is 0 Å². The lowest BCUT2D eigenvalue weighted by molar-refractivity contribution is -0.135. The largest absolute Gasteiger partial charge is 0.373 e. The first-order chi connectivity index (χ1) is 6.16. The van der Waals surface area contributed by atoms with Gasteiger partial charge in [0.15, 0.2) is 5.78 Å². The lowest BCUT2D eigenvalue weighted by Gasteiger charge is -2.21. The van der Waals surface area contributed by atoms with Crippen molar-refractivity contribution < 1.29 is 9.53 Å². The molecule has 1 saturated carbocycles. The fourth-order valence-electron chi connectivity index (χ4n) is 2.16. The summed E-state index contributed by atoms with van der Waals surface area (Å²) in [6, 6.07) is 0. The Morgan fingerprint density at radius 2 is 1.85 bits per heavy atom. The van der Waals surface area contributed by atoms with Gasteiger partial charge >= 0.3 is 0 Å². The van der Waals surface area contributed by atoms with E-state index in [2.05, 4.69) is 0 Å². The molecule has 0 aromatic rings. The fraction of sp³-hybridized carbons (Fsp3) is 0.909. The molecule has 1 atom stereocenters. The Hall–Kier alpha value is -0.370. The Morgan fingerprint density at radius 1 is 1.31 bits per heavy atom. The minimum atomic E-state index is -0.178. The maximum absolute atomic E-state index is 11.9. The van der Waals surface area contributed by atoms with E-state index < -0.39 is 0 Å². The van der Waals surface area contributed by atoms with Crippen molar-refractivity contribution in [2.45, 2.75) is 45.6 Å². The smallest absolute Gasteiger partial charge is 0.164 e. The van der Waals surface area contributed by atoms with E-state index in [1.807, 2.05) is 13.8 Å². The standard InChI is InChI=1S/C11H20O2/c1-8(2)11(13-3)10(12)9-6-4-5-7-9/h8-9,11H,4-7H2,1-3H3. The molecule has 1 aliphatic carbocycles. The number of hydrogen-bond donors (Lipinski definition) is 0. The highest BCUT2D eigenvalue weighted by molar-refractivity contribution is 5.85. The molecule has 0 aromatic carbocycles. The Labute approximate surface area is 80.7 Å². The predicted molar refractivity (Wildman–Crippen MR) is 52.6 cm³/mol. The van der Waals surface area contributed by atoms with Gasteiger partial charge in [0.05, 0.1) is 0 Å². The lowest BCUT2D eigenvalue weighted by Crippen LogP contribution is -2.32. The lowest BCUT2D eigenvalue weighted by atomic mass is 9.92. The maximum atomic E-state index is 11.9. The van der Waals surface area contributed by atoms with Crippen LogP contribution in [0.25, 0.3) is 0 Å². The van der Waals surface area contributed by atoms with E-state index in [9.17, 15) is 4.79 Å². The van der Waals surface area contributed by atoms with Gasteiger partial charge in [0.1, 0.15) is 6.10 Å². The molecular formula is C11H20O2. The Kier molecular flexibility index (Phi) is 3.91. The molecule has 1 unspecified atom stereocenters. The number of carbonyl (C=O) groups excluding carboxylic acids is 1. The zero-order valence-corrected chi connectivity index (χ0v) is 8.88. The van der Waals surface area contributed by atoms with Crippen molar-refractivity contribution in [3.8, 4) is 0 Å². The molecule has 0 N–H and O–H groups in total. The van der Waals surface area contributed by atoms with E-state index in [1.54, 1.807) is 7.11 Å². The van der Waals surface area contributed by atoms with Gasteiger partial charge < -0.3 is 4.74 Å². The molecule has 1 fully saturated rings. The van der Waals surface area contributed by atoms with Crippen LogP contribution in [0, 0.1) is 11.8 Å². The quantitative estimate of drug-likeness (QED) is 0.670. The summed E-state index contributed by atoms with van der Waals surface area (Å²) in [5.74, 6) is 0.917. The van der Waals surface area contributed by atoms with Gasteiger partial charge in [-0.05, 0) is 18.8 Å². The molecule has 0 spiro atoms. The van der Waals surface area contributed by atoms with Gasteiger partial charge in [-0.15, -0.1) is 0 Å². The van der Waals surface area contributed by atoms with Crippen molar-refractivity contribution in [2.24, 2.45) is 11.8 Å². The Morgan fingerprint density at radius 3 is 2.23 bits per heavy atom. The number of carbonyl (C=O) groups is 1. The highest BCUT2D eigenvalue weighted by Gasteiger charge is 2.30. The van der Waals surface area contributed by atoms with Crippen LogP contribution in [0.3, 0.4) is 0 Å². The first kappa shape index (κ1) is 10.7. The minimum absolute atomic E-state index is 0.178. The van der Waals surface area contributed by atoms with Gasteiger partial charge in [-0.1, -0.05) is 26.7 Å². The van der Waals surface area contributed by atoms with Crippen LogP contribution in [-0.4, -0.2) is 19.0 Å². The molecule has 1 aliphatic rings. The number of ketones is 1. The first-order valence-electron chi connectivity index (χ1n) is 5.23. The summed E-state index contributed by atoms with van der Waals surface area (Å²) in [5, 5.41) is 0. The molecule has 2 nitrogen and oxygen atoms in total. The van der Waals surface area contributed by atoms with Crippen LogP contribution in [0.1, 0.15) is 39.5 Å². The van der Waals surface area contributed by atoms with Crippen LogP contribution in [0.4, 0.5) is 0 Å². The van der Waals surface area contributed by atoms with Crippen molar-refractivity contribution in [3.63, 3.8) is 0 Å². The van der Waals surface area contributed by atoms with Crippen molar-refractivity contribution in [2.75, 3.05) is 7.11 Å². The molecule has 1 rings (SSSR count). The van der Waals surface area contributed by atoms with Gasteiger partial charge in [0.25, 0.3) is 0 Å². The topological polar surface area (TPSA) is 26.3 Å². The van der Waals surface area contributed by atoms with Gasteiger partial charge in [-0.25, -0.2) is 0 Å². The van der Waals surface area contributed by atoms with E-state index in [1.165, 1.54) is 12.8 Å². The summed E-state index contributed by atoms with van der Waals surface area (Å²) in [7, 11) is 1.64. The summed E-state index contributed by atoms with van der Waals surface area (Å²) in [6.45, 7) is 4.09. The van der Waals surface area contributed by atoms with Crippen LogP contribution >= 0.6 is 0 Å². The Bertz CT molecular complexity index is 169. The monoisotopic (exact) mass is 184 g/mol. The van der Waals surface area contributed by atoms with E-state index >= 15 is 0 Å². The number of methoxy groups -OCH3 is 1. The fourth-order valence-corrected chi connectivity index (χ4v) is 2.16. The summed E-state index contributed by atoms with van der Waals surface area (Å²) in [6.07, 6.45) is 4.40. The second-order valence-corrected chi connectivity index (χ2v) is 4.28. The number of Topliss-reactive ketones (excluding diaryl/α,β-unsaturated/α-hetero) is 1. The van der Waals surface area contributed by atoms with E-state index in [4.69, 9.17) is 4.74 Å².